The highest BCUT2D eigenvalue weighted by atomic mass is 19.4. The number of rotatable bonds is 2. The minimum Gasteiger partial charge on any atom is -0.383 e. The minimum absolute atomic E-state index is 0.234. The largest absolute Gasteiger partial charge is 0.414 e. The Balaban J connectivity index is 2.81. The van der Waals surface area contributed by atoms with Crippen molar-refractivity contribution in [2.45, 2.75) is 25.1 Å². The Morgan fingerprint density at radius 3 is 2.43 bits per heavy atom. The zero-order valence-electron chi connectivity index (χ0n) is 7.49. The van der Waals surface area contributed by atoms with E-state index in [0.717, 1.165) is 0 Å². The van der Waals surface area contributed by atoms with Crippen LogP contribution in [0.1, 0.15) is 18.5 Å². The first-order valence-corrected chi connectivity index (χ1v) is 4.08. The number of alkyl halides is 3. The Bertz CT molecular complexity index is 286. The molecule has 0 aromatic carbocycles. The summed E-state index contributed by atoms with van der Waals surface area (Å²) in [6.45, 7) is 1.29. The molecule has 1 heterocycles. The van der Waals surface area contributed by atoms with E-state index in [1.807, 2.05) is 0 Å². The van der Waals surface area contributed by atoms with Gasteiger partial charge in [-0.25, -0.2) is 0 Å². The Morgan fingerprint density at radius 1 is 1.36 bits per heavy atom. The van der Waals surface area contributed by atoms with Crippen molar-refractivity contribution in [3.8, 4) is 0 Å². The van der Waals surface area contributed by atoms with Crippen molar-refractivity contribution in [3.63, 3.8) is 0 Å². The molecule has 0 aliphatic rings. The monoisotopic (exact) mass is 205 g/mol. The lowest BCUT2D eigenvalue weighted by Gasteiger charge is -2.20. The number of hydrogen-bond donors (Lipinski definition) is 1. The van der Waals surface area contributed by atoms with Crippen LogP contribution in [0.3, 0.4) is 0 Å². The molecule has 0 spiro atoms. The molecule has 2 nitrogen and oxygen atoms in total. The summed E-state index contributed by atoms with van der Waals surface area (Å²) < 4.78 is 36.3. The van der Waals surface area contributed by atoms with E-state index in [4.69, 9.17) is 5.11 Å². The molecular weight excluding hydrogens is 195 g/mol. The lowest BCUT2D eigenvalue weighted by molar-refractivity contribution is -0.209. The molecule has 0 radical (unpaired) electrons. The fourth-order valence-electron chi connectivity index (χ4n) is 1.09. The van der Waals surface area contributed by atoms with Crippen molar-refractivity contribution in [3.05, 3.63) is 30.1 Å². The van der Waals surface area contributed by atoms with Gasteiger partial charge in [-0.1, -0.05) is 13.0 Å². The predicted octanol–water partition coefficient (Wildman–Crippen LogP) is 2.11. The predicted molar refractivity (Wildman–Crippen MR) is 44.7 cm³/mol. The number of aromatic nitrogens is 1. The van der Waals surface area contributed by atoms with Crippen LogP contribution in [0.4, 0.5) is 13.2 Å². The fraction of sp³-hybridized carbons (Fsp3) is 0.444. The molecule has 0 fully saturated rings. The molecule has 0 bridgehead atoms. The maximum atomic E-state index is 12.1. The molecule has 14 heavy (non-hydrogen) atoms. The Kier molecular flexibility index (Phi) is 3.10. The first-order chi connectivity index (χ1) is 6.43. The second kappa shape index (κ2) is 3.96. The van der Waals surface area contributed by atoms with Crippen molar-refractivity contribution >= 4 is 0 Å². The van der Waals surface area contributed by atoms with Crippen molar-refractivity contribution in [1.82, 2.24) is 4.98 Å². The zero-order chi connectivity index (χ0) is 10.8. The summed E-state index contributed by atoms with van der Waals surface area (Å²) in [4.78, 5) is 3.75. The van der Waals surface area contributed by atoms with E-state index >= 15 is 0 Å². The Morgan fingerprint density at radius 2 is 2.00 bits per heavy atom. The van der Waals surface area contributed by atoms with Gasteiger partial charge in [0.2, 0.25) is 0 Å². The third kappa shape index (κ3) is 2.45. The average molecular weight is 205 g/mol. The standard InChI is InChI=1S/C9H10F3NO/c1-6(8(14)9(10,11)12)7-4-2-3-5-13-7/h2-6,8,14H,1H3/t6-,8-/m1/s1. The Hall–Kier alpha value is -1.10. The number of aliphatic hydroxyl groups excluding tert-OH is 1. The first-order valence-electron chi connectivity index (χ1n) is 4.08. The molecular formula is C9H10F3NO. The zero-order valence-corrected chi connectivity index (χ0v) is 7.49. The summed E-state index contributed by atoms with van der Waals surface area (Å²) in [5.41, 5.74) is 0.234. The normalized spacial score (nSPS) is 16.4. The van der Waals surface area contributed by atoms with Gasteiger partial charge in [0.05, 0.1) is 0 Å². The third-order valence-corrected chi connectivity index (χ3v) is 1.96. The maximum absolute atomic E-state index is 12.1. The number of pyridine rings is 1. The van der Waals surface area contributed by atoms with Crippen molar-refractivity contribution in [2.24, 2.45) is 0 Å². The van der Waals surface area contributed by atoms with Crippen molar-refractivity contribution in [1.29, 1.82) is 0 Å². The van der Waals surface area contributed by atoms with E-state index in [1.165, 1.54) is 19.2 Å². The second-order valence-corrected chi connectivity index (χ2v) is 3.03. The number of halogens is 3. The number of aliphatic hydroxyl groups is 1. The summed E-state index contributed by atoms with van der Waals surface area (Å²) in [6.07, 6.45) is -5.57. The smallest absolute Gasteiger partial charge is 0.383 e. The van der Waals surface area contributed by atoms with Gasteiger partial charge in [-0.3, -0.25) is 4.98 Å². The molecule has 1 rings (SSSR count). The van der Waals surface area contributed by atoms with E-state index in [0.29, 0.717) is 0 Å². The highest BCUT2D eigenvalue weighted by molar-refractivity contribution is 5.10. The first kappa shape index (κ1) is 11.0. The highest BCUT2D eigenvalue weighted by Crippen LogP contribution is 2.30. The lowest BCUT2D eigenvalue weighted by Crippen LogP contribution is -2.33. The molecule has 5 heteroatoms. The van der Waals surface area contributed by atoms with Gasteiger partial charge >= 0.3 is 6.18 Å². The highest BCUT2D eigenvalue weighted by Gasteiger charge is 2.42. The van der Waals surface area contributed by atoms with Gasteiger partial charge in [-0.05, 0) is 12.1 Å². The summed E-state index contributed by atoms with van der Waals surface area (Å²) >= 11 is 0. The van der Waals surface area contributed by atoms with Crippen LogP contribution in [0, 0.1) is 0 Å². The summed E-state index contributed by atoms with van der Waals surface area (Å²) in [5, 5.41) is 8.94. The third-order valence-electron chi connectivity index (χ3n) is 1.96. The molecule has 0 aliphatic carbocycles. The van der Waals surface area contributed by atoms with Crippen LogP contribution in [0.25, 0.3) is 0 Å². The number of hydrogen-bond acceptors (Lipinski definition) is 2. The number of nitrogens with zero attached hydrogens (tertiary/aromatic N) is 1. The molecule has 0 aliphatic heterocycles. The van der Waals surface area contributed by atoms with E-state index in [-0.39, 0.29) is 5.69 Å². The van der Waals surface area contributed by atoms with E-state index < -0.39 is 18.2 Å². The minimum atomic E-state index is -4.60. The molecule has 0 unspecified atom stereocenters. The van der Waals surface area contributed by atoms with Crippen LogP contribution < -0.4 is 0 Å². The SMILES string of the molecule is C[C@H](c1ccccn1)[C@@H](O)C(F)(F)F. The van der Waals surface area contributed by atoms with E-state index in [1.54, 1.807) is 12.1 Å². The van der Waals surface area contributed by atoms with Crippen LogP contribution in [0.15, 0.2) is 24.4 Å². The quantitative estimate of drug-likeness (QED) is 0.802. The van der Waals surface area contributed by atoms with Crippen LogP contribution >= 0.6 is 0 Å². The van der Waals surface area contributed by atoms with Gasteiger partial charge in [0.25, 0.3) is 0 Å². The molecule has 0 saturated carbocycles. The maximum Gasteiger partial charge on any atom is 0.414 e. The van der Waals surface area contributed by atoms with Crippen LogP contribution in [-0.4, -0.2) is 22.4 Å². The molecule has 1 aromatic rings. The molecule has 1 aromatic heterocycles. The van der Waals surface area contributed by atoms with Crippen LogP contribution in [0.2, 0.25) is 0 Å². The van der Waals surface area contributed by atoms with Gasteiger partial charge < -0.3 is 5.11 Å². The van der Waals surface area contributed by atoms with Gasteiger partial charge in [0, 0.05) is 17.8 Å². The van der Waals surface area contributed by atoms with E-state index in [9.17, 15) is 13.2 Å². The summed E-state index contributed by atoms with van der Waals surface area (Å²) in [6, 6.07) is 4.65. The average Bonchev–Trinajstić information content (AvgIpc) is 2.15. The second-order valence-electron chi connectivity index (χ2n) is 3.03. The van der Waals surface area contributed by atoms with Gasteiger partial charge in [-0.15, -0.1) is 0 Å². The van der Waals surface area contributed by atoms with Gasteiger partial charge in [0.1, 0.15) is 0 Å². The topological polar surface area (TPSA) is 33.1 Å². The molecule has 78 valence electrons. The van der Waals surface area contributed by atoms with Crippen LogP contribution in [0.5, 0.6) is 0 Å². The molecule has 2 atom stereocenters. The fourth-order valence-corrected chi connectivity index (χ4v) is 1.09. The van der Waals surface area contributed by atoms with Crippen LogP contribution in [-0.2, 0) is 0 Å². The summed E-state index contributed by atoms with van der Waals surface area (Å²) in [5.74, 6) is -1.05. The van der Waals surface area contributed by atoms with Crippen molar-refractivity contribution < 1.29 is 18.3 Å². The van der Waals surface area contributed by atoms with Crippen molar-refractivity contribution in [2.75, 3.05) is 0 Å². The molecule has 0 saturated heterocycles. The molecule has 0 amide bonds. The Labute approximate surface area is 79.4 Å². The van der Waals surface area contributed by atoms with Gasteiger partial charge in [0.15, 0.2) is 6.10 Å². The van der Waals surface area contributed by atoms with E-state index in [2.05, 4.69) is 4.98 Å². The lowest BCUT2D eigenvalue weighted by atomic mass is 10.00. The molecule has 1 N–H and O–H groups in total. The summed E-state index contributed by atoms with van der Waals surface area (Å²) in [7, 11) is 0. The van der Waals surface area contributed by atoms with Gasteiger partial charge in [-0.2, -0.15) is 13.2 Å².